The first-order valence-corrected chi connectivity index (χ1v) is 10.2. The molecule has 0 aliphatic carbocycles. The summed E-state index contributed by atoms with van der Waals surface area (Å²) < 4.78 is 0. The summed E-state index contributed by atoms with van der Waals surface area (Å²) in [6.45, 7) is 1.24. The molecule has 3 amide bonds. The van der Waals surface area contributed by atoms with E-state index in [-0.39, 0.29) is 5.91 Å². The first kappa shape index (κ1) is 19.2. The van der Waals surface area contributed by atoms with Crippen LogP contribution in [-0.4, -0.2) is 35.7 Å². The number of benzene rings is 2. The first-order chi connectivity index (χ1) is 14.1. The zero-order chi connectivity index (χ0) is 20.2. The van der Waals surface area contributed by atoms with Crippen molar-refractivity contribution in [2.24, 2.45) is 5.92 Å². The molecule has 2 N–H and O–H groups in total. The second-order valence-corrected chi connectivity index (χ2v) is 7.81. The number of carbonyl (C=O) groups excluding carboxylic acids is 3. The van der Waals surface area contributed by atoms with Crippen LogP contribution in [0.15, 0.2) is 48.5 Å². The Bertz CT molecular complexity index is 918. The number of anilines is 2. The molecule has 0 bridgehead atoms. The highest BCUT2D eigenvalue weighted by molar-refractivity contribution is 6.39. The van der Waals surface area contributed by atoms with Crippen LogP contribution in [0, 0.1) is 5.92 Å². The zero-order valence-corrected chi connectivity index (χ0v) is 16.3. The van der Waals surface area contributed by atoms with Gasteiger partial charge in [0.15, 0.2) is 0 Å². The number of nitrogens with one attached hydrogen (secondary N) is 2. The molecule has 0 spiro atoms. The van der Waals surface area contributed by atoms with Gasteiger partial charge in [-0.2, -0.15) is 0 Å². The van der Waals surface area contributed by atoms with Gasteiger partial charge in [-0.1, -0.05) is 30.3 Å². The Kier molecular flexibility index (Phi) is 5.60. The number of fused-ring (bicyclic) bond motifs is 1. The number of piperidine rings is 1. The maximum absolute atomic E-state index is 12.5. The Morgan fingerprint density at radius 1 is 1.07 bits per heavy atom. The average molecular weight is 391 g/mol. The molecule has 0 atom stereocenters. The van der Waals surface area contributed by atoms with Crippen LogP contribution >= 0.6 is 0 Å². The summed E-state index contributed by atoms with van der Waals surface area (Å²) in [7, 11) is 0. The van der Waals surface area contributed by atoms with E-state index in [1.807, 2.05) is 6.07 Å². The first-order valence-electron chi connectivity index (χ1n) is 10.2. The van der Waals surface area contributed by atoms with Gasteiger partial charge in [-0.05, 0) is 60.9 Å². The van der Waals surface area contributed by atoms with Crippen molar-refractivity contribution in [1.82, 2.24) is 4.90 Å². The van der Waals surface area contributed by atoms with Crippen LogP contribution < -0.4 is 10.6 Å². The zero-order valence-electron chi connectivity index (χ0n) is 16.3. The van der Waals surface area contributed by atoms with E-state index in [0.717, 1.165) is 36.9 Å². The molecule has 2 aromatic carbocycles. The lowest BCUT2D eigenvalue weighted by molar-refractivity contribution is -0.144. The molecular weight excluding hydrogens is 366 g/mol. The molecule has 0 saturated carbocycles. The van der Waals surface area contributed by atoms with Gasteiger partial charge in [0.05, 0.1) is 6.42 Å². The third-order valence-electron chi connectivity index (χ3n) is 5.77. The number of amides is 3. The largest absolute Gasteiger partial charge is 0.334 e. The maximum Gasteiger partial charge on any atom is 0.313 e. The highest BCUT2D eigenvalue weighted by Gasteiger charge is 2.27. The third-order valence-corrected chi connectivity index (χ3v) is 5.77. The van der Waals surface area contributed by atoms with E-state index in [4.69, 9.17) is 0 Å². The van der Waals surface area contributed by atoms with Gasteiger partial charge in [-0.25, -0.2) is 0 Å². The molecule has 2 aliphatic rings. The normalized spacial score (nSPS) is 16.3. The van der Waals surface area contributed by atoms with Crippen molar-refractivity contribution in [1.29, 1.82) is 0 Å². The number of likely N-dealkylation sites (tertiary alicyclic amines) is 1. The van der Waals surface area contributed by atoms with Crippen LogP contribution in [0.2, 0.25) is 0 Å². The quantitative estimate of drug-likeness (QED) is 0.787. The number of aryl methyl sites for hydroxylation is 1. The molecule has 2 aromatic rings. The van der Waals surface area contributed by atoms with Gasteiger partial charge in [0, 0.05) is 24.5 Å². The maximum atomic E-state index is 12.5. The van der Waals surface area contributed by atoms with Gasteiger partial charge < -0.3 is 15.5 Å². The fourth-order valence-electron chi connectivity index (χ4n) is 4.08. The Balaban J connectivity index is 1.25. The van der Waals surface area contributed by atoms with Crippen LogP contribution in [-0.2, 0) is 27.2 Å². The van der Waals surface area contributed by atoms with Gasteiger partial charge in [0.1, 0.15) is 0 Å². The molecular formula is C23H25N3O3. The van der Waals surface area contributed by atoms with Crippen LogP contribution in [0.4, 0.5) is 11.4 Å². The van der Waals surface area contributed by atoms with Crippen molar-refractivity contribution in [3.8, 4) is 0 Å². The van der Waals surface area contributed by atoms with Crippen LogP contribution in [0.3, 0.4) is 0 Å². The van der Waals surface area contributed by atoms with E-state index in [2.05, 4.69) is 34.9 Å². The fraction of sp³-hybridized carbons (Fsp3) is 0.348. The molecule has 2 aliphatic heterocycles. The van der Waals surface area contributed by atoms with Crippen molar-refractivity contribution >= 4 is 29.1 Å². The summed E-state index contributed by atoms with van der Waals surface area (Å²) in [6.07, 6.45) is 4.32. The lowest BCUT2D eigenvalue weighted by Gasteiger charge is -2.31. The van der Waals surface area contributed by atoms with Gasteiger partial charge in [0.2, 0.25) is 5.91 Å². The van der Waals surface area contributed by atoms with Gasteiger partial charge in [-0.15, -0.1) is 0 Å². The van der Waals surface area contributed by atoms with E-state index < -0.39 is 11.8 Å². The lowest BCUT2D eigenvalue weighted by Crippen LogP contribution is -2.44. The van der Waals surface area contributed by atoms with Crippen molar-refractivity contribution < 1.29 is 14.4 Å². The summed E-state index contributed by atoms with van der Waals surface area (Å²) in [4.78, 5) is 38.0. The SMILES string of the molecule is O=C1Cc2cc(NC(=O)C(=O)N3CCC(CCc4ccccc4)CC3)ccc2N1. The van der Waals surface area contributed by atoms with Crippen LogP contribution in [0.1, 0.15) is 30.4 Å². The Hall–Kier alpha value is -3.15. The molecule has 0 radical (unpaired) electrons. The molecule has 1 fully saturated rings. The summed E-state index contributed by atoms with van der Waals surface area (Å²) >= 11 is 0. The van der Waals surface area contributed by atoms with Gasteiger partial charge in [0.25, 0.3) is 0 Å². The highest BCUT2D eigenvalue weighted by Crippen LogP contribution is 2.26. The average Bonchev–Trinajstić information content (AvgIpc) is 3.12. The Labute approximate surface area is 170 Å². The number of hydrogen-bond acceptors (Lipinski definition) is 3. The number of hydrogen-bond donors (Lipinski definition) is 2. The number of nitrogens with zero attached hydrogens (tertiary/aromatic N) is 1. The molecule has 2 heterocycles. The molecule has 6 heteroatoms. The molecule has 6 nitrogen and oxygen atoms in total. The molecule has 1 saturated heterocycles. The minimum Gasteiger partial charge on any atom is -0.334 e. The van der Waals surface area contributed by atoms with E-state index in [0.29, 0.717) is 31.1 Å². The van der Waals surface area contributed by atoms with Gasteiger partial charge in [-0.3, -0.25) is 14.4 Å². The van der Waals surface area contributed by atoms with E-state index >= 15 is 0 Å². The molecule has 150 valence electrons. The van der Waals surface area contributed by atoms with E-state index in [1.165, 1.54) is 5.56 Å². The topological polar surface area (TPSA) is 78.5 Å². The van der Waals surface area contributed by atoms with Crippen LogP contribution in [0.25, 0.3) is 0 Å². The summed E-state index contributed by atoms with van der Waals surface area (Å²) in [5, 5.41) is 5.42. The predicted octanol–water partition coefficient (Wildman–Crippen LogP) is 2.99. The van der Waals surface area contributed by atoms with Crippen LogP contribution in [0.5, 0.6) is 0 Å². The second-order valence-electron chi connectivity index (χ2n) is 7.81. The molecule has 29 heavy (non-hydrogen) atoms. The van der Waals surface area contributed by atoms with Crippen molar-refractivity contribution in [2.75, 3.05) is 23.7 Å². The fourth-order valence-corrected chi connectivity index (χ4v) is 4.08. The lowest BCUT2D eigenvalue weighted by atomic mass is 9.90. The number of carbonyl (C=O) groups is 3. The molecule has 4 rings (SSSR count). The minimum absolute atomic E-state index is 0.0605. The predicted molar refractivity (Wildman–Crippen MR) is 111 cm³/mol. The monoisotopic (exact) mass is 391 g/mol. The Morgan fingerprint density at radius 3 is 2.59 bits per heavy atom. The molecule has 0 aromatic heterocycles. The summed E-state index contributed by atoms with van der Waals surface area (Å²) in [5.74, 6) is -0.579. The summed E-state index contributed by atoms with van der Waals surface area (Å²) in [6, 6.07) is 15.6. The number of rotatable bonds is 4. The highest BCUT2D eigenvalue weighted by atomic mass is 16.2. The summed E-state index contributed by atoms with van der Waals surface area (Å²) in [5.41, 5.74) is 3.48. The molecule has 0 unspecified atom stereocenters. The van der Waals surface area contributed by atoms with E-state index in [1.54, 1.807) is 23.1 Å². The standard InChI is InChI=1S/C23H25N3O3/c27-21-15-18-14-19(8-9-20(18)25-21)24-22(28)23(29)26-12-10-17(11-13-26)7-6-16-4-2-1-3-5-16/h1-5,8-9,14,17H,6-7,10-13,15H2,(H,24,28)(H,25,27). The van der Waals surface area contributed by atoms with Crippen molar-refractivity contribution in [2.45, 2.75) is 32.1 Å². The second kappa shape index (κ2) is 8.47. The van der Waals surface area contributed by atoms with Crippen molar-refractivity contribution in [3.05, 3.63) is 59.7 Å². The van der Waals surface area contributed by atoms with Gasteiger partial charge >= 0.3 is 11.8 Å². The van der Waals surface area contributed by atoms with Crippen molar-refractivity contribution in [3.63, 3.8) is 0 Å². The Morgan fingerprint density at radius 2 is 1.83 bits per heavy atom. The van der Waals surface area contributed by atoms with E-state index in [9.17, 15) is 14.4 Å². The minimum atomic E-state index is -0.620. The smallest absolute Gasteiger partial charge is 0.313 e. The third kappa shape index (κ3) is 4.65.